The lowest BCUT2D eigenvalue weighted by atomic mass is 10.2. The van der Waals surface area contributed by atoms with E-state index in [2.05, 4.69) is 33.3 Å². The Morgan fingerprint density at radius 3 is 2.78 bits per heavy atom. The molecule has 148 valence electrons. The lowest BCUT2D eigenvalue weighted by Crippen LogP contribution is -2.38. The fourth-order valence-corrected chi connectivity index (χ4v) is 4.20. The van der Waals surface area contributed by atoms with Gasteiger partial charge in [-0.3, -0.25) is 4.99 Å². The van der Waals surface area contributed by atoms with E-state index in [1.807, 2.05) is 17.5 Å². The van der Waals surface area contributed by atoms with Gasteiger partial charge in [-0.2, -0.15) is 0 Å². The third-order valence-corrected chi connectivity index (χ3v) is 6.33. The highest BCUT2D eigenvalue weighted by molar-refractivity contribution is 7.89. The minimum Gasteiger partial charge on any atom is -0.383 e. The van der Waals surface area contributed by atoms with Crippen LogP contribution in [0.1, 0.15) is 23.4 Å². The maximum Gasteiger partial charge on any atom is 0.240 e. The predicted octanol–water partition coefficient (Wildman–Crippen LogP) is 2.10. The molecule has 0 spiro atoms. The van der Waals surface area contributed by atoms with Gasteiger partial charge in [0.2, 0.25) is 10.0 Å². The quantitative estimate of drug-likeness (QED) is 0.335. The number of benzene rings is 1. The van der Waals surface area contributed by atoms with Crippen LogP contribution in [-0.2, 0) is 21.3 Å². The number of thiophene rings is 1. The van der Waals surface area contributed by atoms with Crippen LogP contribution in [0.3, 0.4) is 0 Å². The van der Waals surface area contributed by atoms with Gasteiger partial charge in [-0.05, 0) is 36.1 Å². The summed E-state index contributed by atoms with van der Waals surface area (Å²) in [4.78, 5) is 5.67. The Morgan fingerprint density at radius 1 is 1.30 bits per heavy atom. The fourth-order valence-electron chi connectivity index (χ4n) is 2.38. The summed E-state index contributed by atoms with van der Waals surface area (Å²) in [5, 5.41) is 8.58. The smallest absolute Gasteiger partial charge is 0.240 e. The second-order valence-electron chi connectivity index (χ2n) is 5.85. The molecule has 1 atom stereocenters. The molecular weight excluding hydrogens is 384 g/mol. The zero-order valence-electron chi connectivity index (χ0n) is 15.7. The van der Waals surface area contributed by atoms with Crippen LogP contribution < -0.4 is 15.4 Å². The van der Waals surface area contributed by atoms with E-state index in [4.69, 9.17) is 4.74 Å². The molecule has 0 fully saturated rings. The number of ether oxygens (including phenoxy) is 1. The molecule has 0 aliphatic carbocycles. The molecule has 7 nitrogen and oxygen atoms in total. The molecule has 0 aliphatic heterocycles. The second kappa shape index (κ2) is 10.4. The average Bonchev–Trinajstić information content (AvgIpc) is 3.20. The molecule has 9 heteroatoms. The SMILES string of the molecule is CN=C(NCc1cccc(S(=O)(=O)NCCOC)c1)NC(C)c1cccs1. The van der Waals surface area contributed by atoms with Crippen molar-refractivity contribution in [2.24, 2.45) is 4.99 Å². The molecule has 0 aliphatic rings. The maximum absolute atomic E-state index is 12.3. The number of guanidine groups is 1. The minimum atomic E-state index is -3.55. The van der Waals surface area contributed by atoms with Crippen LogP contribution in [0.2, 0.25) is 0 Å². The third kappa shape index (κ3) is 6.62. The molecule has 0 amide bonds. The van der Waals surface area contributed by atoms with Crippen LogP contribution in [0.15, 0.2) is 51.7 Å². The van der Waals surface area contributed by atoms with Crippen molar-refractivity contribution in [3.63, 3.8) is 0 Å². The molecule has 2 aromatic rings. The molecule has 27 heavy (non-hydrogen) atoms. The van der Waals surface area contributed by atoms with Gasteiger partial charge in [-0.25, -0.2) is 13.1 Å². The maximum atomic E-state index is 12.3. The van der Waals surface area contributed by atoms with Crippen LogP contribution in [0.5, 0.6) is 0 Å². The number of methoxy groups -OCH3 is 1. The topological polar surface area (TPSA) is 91.8 Å². The molecule has 0 bridgehead atoms. The van der Waals surface area contributed by atoms with Crippen molar-refractivity contribution in [1.82, 2.24) is 15.4 Å². The first kappa shape index (κ1) is 21.4. The van der Waals surface area contributed by atoms with Gasteiger partial charge >= 0.3 is 0 Å². The van der Waals surface area contributed by atoms with Crippen molar-refractivity contribution in [1.29, 1.82) is 0 Å². The molecule has 0 saturated heterocycles. The van der Waals surface area contributed by atoms with Crippen molar-refractivity contribution >= 4 is 27.3 Å². The van der Waals surface area contributed by atoms with Crippen LogP contribution in [0, 0.1) is 0 Å². The average molecular weight is 411 g/mol. The molecular formula is C18H26N4O3S2. The highest BCUT2D eigenvalue weighted by Crippen LogP contribution is 2.18. The summed E-state index contributed by atoms with van der Waals surface area (Å²) in [5.74, 6) is 0.655. The van der Waals surface area contributed by atoms with Gasteiger partial charge in [0.25, 0.3) is 0 Å². The molecule has 3 N–H and O–H groups in total. The normalized spacial score (nSPS) is 13.4. The van der Waals surface area contributed by atoms with Gasteiger partial charge in [0.1, 0.15) is 0 Å². The van der Waals surface area contributed by atoms with Gasteiger partial charge in [0, 0.05) is 32.1 Å². The molecule has 2 rings (SSSR count). The van der Waals surface area contributed by atoms with Gasteiger partial charge < -0.3 is 15.4 Å². The van der Waals surface area contributed by atoms with Crippen molar-refractivity contribution in [2.75, 3.05) is 27.3 Å². The summed E-state index contributed by atoms with van der Waals surface area (Å²) < 4.78 is 32.0. The summed E-state index contributed by atoms with van der Waals surface area (Å²) in [5.41, 5.74) is 0.844. The third-order valence-electron chi connectivity index (χ3n) is 3.81. The predicted molar refractivity (Wildman–Crippen MR) is 110 cm³/mol. The van der Waals surface area contributed by atoms with E-state index in [1.54, 1.807) is 36.6 Å². The zero-order chi connectivity index (χ0) is 19.7. The Hall–Kier alpha value is -1.94. The van der Waals surface area contributed by atoms with E-state index in [-0.39, 0.29) is 17.5 Å². The van der Waals surface area contributed by atoms with Crippen molar-refractivity contribution in [2.45, 2.75) is 24.4 Å². The Bertz CT molecular complexity index is 836. The number of hydrogen-bond donors (Lipinski definition) is 3. The lowest BCUT2D eigenvalue weighted by Gasteiger charge is -2.17. The monoisotopic (exact) mass is 410 g/mol. The molecule has 1 aromatic heterocycles. The standard InChI is InChI=1S/C18H26N4O3S2/c1-14(17-8-5-11-26-17)22-18(19-2)20-13-15-6-4-7-16(12-15)27(23,24)21-9-10-25-3/h4-8,11-12,14,21H,9-10,13H2,1-3H3,(H2,19,20,22). The summed E-state index contributed by atoms with van der Waals surface area (Å²) in [6, 6.07) is 11.0. The molecule has 0 radical (unpaired) electrons. The zero-order valence-corrected chi connectivity index (χ0v) is 17.4. The number of hydrogen-bond acceptors (Lipinski definition) is 5. The van der Waals surface area contributed by atoms with Gasteiger partial charge in [-0.1, -0.05) is 18.2 Å². The first-order valence-corrected chi connectivity index (χ1v) is 10.9. The Kier molecular flexibility index (Phi) is 8.23. The summed E-state index contributed by atoms with van der Waals surface area (Å²) in [6.07, 6.45) is 0. The van der Waals surface area contributed by atoms with E-state index >= 15 is 0 Å². The van der Waals surface area contributed by atoms with Gasteiger partial charge in [-0.15, -0.1) is 11.3 Å². The number of aliphatic imine (C=N–C) groups is 1. The summed E-state index contributed by atoms with van der Waals surface area (Å²) >= 11 is 1.68. The number of sulfonamides is 1. The summed E-state index contributed by atoms with van der Waals surface area (Å²) in [6.45, 7) is 3.08. The number of nitrogens with one attached hydrogen (secondary N) is 3. The Morgan fingerprint density at radius 2 is 2.11 bits per heavy atom. The lowest BCUT2D eigenvalue weighted by molar-refractivity contribution is 0.204. The number of rotatable bonds is 9. The minimum absolute atomic E-state index is 0.132. The van der Waals surface area contributed by atoms with Crippen LogP contribution in [0.25, 0.3) is 0 Å². The Labute approximate surface area is 164 Å². The van der Waals surface area contributed by atoms with E-state index in [0.717, 1.165) is 5.56 Å². The largest absolute Gasteiger partial charge is 0.383 e. The van der Waals surface area contributed by atoms with Crippen LogP contribution >= 0.6 is 11.3 Å². The van der Waals surface area contributed by atoms with E-state index in [1.165, 1.54) is 12.0 Å². The Balaban J connectivity index is 1.97. The fraction of sp³-hybridized carbons (Fsp3) is 0.389. The van der Waals surface area contributed by atoms with E-state index in [0.29, 0.717) is 19.1 Å². The van der Waals surface area contributed by atoms with Gasteiger partial charge in [0.05, 0.1) is 17.5 Å². The van der Waals surface area contributed by atoms with Crippen LogP contribution in [-0.4, -0.2) is 41.7 Å². The highest BCUT2D eigenvalue weighted by Gasteiger charge is 2.14. The number of nitrogens with zero attached hydrogens (tertiary/aromatic N) is 1. The van der Waals surface area contributed by atoms with E-state index < -0.39 is 10.0 Å². The molecule has 1 heterocycles. The van der Waals surface area contributed by atoms with Gasteiger partial charge in [0.15, 0.2) is 5.96 Å². The first-order chi connectivity index (χ1) is 13.0. The van der Waals surface area contributed by atoms with Crippen LogP contribution in [0.4, 0.5) is 0 Å². The van der Waals surface area contributed by atoms with E-state index in [9.17, 15) is 8.42 Å². The first-order valence-electron chi connectivity index (χ1n) is 8.54. The van der Waals surface area contributed by atoms with Crippen molar-refractivity contribution in [3.05, 3.63) is 52.2 Å². The molecule has 1 unspecified atom stereocenters. The van der Waals surface area contributed by atoms with Crippen molar-refractivity contribution < 1.29 is 13.2 Å². The molecule has 1 aromatic carbocycles. The second-order valence-corrected chi connectivity index (χ2v) is 8.59. The molecule has 0 saturated carbocycles. The summed E-state index contributed by atoms with van der Waals surface area (Å²) in [7, 11) is -0.316. The highest BCUT2D eigenvalue weighted by atomic mass is 32.2. The van der Waals surface area contributed by atoms with Crippen molar-refractivity contribution in [3.8, 4) is 0 Å².